The summed E-state index contributed by atoms with van der Waals surface area (Å²) >= 11 is 1.27. The molecule has 0 aliphatic carbocycles. The number of carbonyl (C=O) groups is 1. The molecule has 0 radical (unpaired) electrons. The normalized spacial score (nSPS) is 15.6. The number of hydrogen-bond donors (Lipinski definition) is 2. The van der Waals surface area contributed by atoms with Crippen LogP contribution in [0.15, 0.2) is 0 Å². The van der Waals surface area contributed by atoms with Crippen LogP contribution in [0.2, 0.25) is 0 Å². The molecule has 1 aromatic rings. The number of aromatic nitrogens is 1. The molecule has 1 amide bonds. The van der Waals surface area contributed by atoms with Gasteiger partial charge in [-0.3, -0.25) is 4.79 Å². The number of fused-ring (bicyclic) bond motifs is 1. The standard InChI is InChI=1S/C7H8N2O2S/c10-3-5-9-4-1-2-8-7(11)6(4)12-5/h10H,1-3H2,(H,8,11). The Morgan fingerprint density at radius 3 is 3.17 bits per heavy atom. The van der Waals surface area contributed by atoms with E-state index < -0.39 is 0 Å². The van der Waals surface area contributed by atoms with Crippen LogP contribution >= 0.6 is 11.3 Å². The molecule has 12 heavy (non-hydrogen) atoms. The van der Waals surface area contributed by atoms with Gasteiger partial charge in [-0.05, 0) is 0 Å². The summed E-state index contributed by atoms with van der Waals surface area (Å²) in [4.78, 5) is 16.0. The van der Waals surface area contributed by atoms with Crippen molar-refractivity contribution in [1.82, 2.24) is 10.3 Å². The van der Waals surface area contributed by atoms with E-state index in [9.17, 15) is 4.79 Å². The molecule has 0 bridgehead atoms. The number of carbonyl (C=O) groups excluding carboxylic acids is 1. The Kier molecular flexibility index (Phi) is 1.82. The molecule has 1 aliphatic rings. The van der Waals surface area contributed by atoms with Crippen molar-refractivity contribution in [3.8, 4) is 0 Å². The third-order valence-corrected chi connectivity index (χ3v) is 2.81. The Morgan fingerprint density at radius 1 is 1.67 bits per heavy atom. The largest absolute Gasteiger partial charge is 0.389 e. The summed E-state index contributed by atoms with van der Waals surface area (Å²) in [5, 5.41) is 12.1. The number of hydrogen-bond acceptors (Lipinski definition) is 4. The topological polar surface area (TPSA) is 62.2 Å². The van der Waals surface area contributed by atoms with Gasteiger partial charge in [0.05, 0.1) is 12.3 Å². The Hall–Kier alpha value is -0.940. The van der Waals surface area contributed by atoms with Gasteiger partial charge >= 0.3 is 0 Å². The molecule has 5 heteroatoms. The summed E-state index contributed by atoms with van der Waals surface area (Å²) in [5.41, 5.74) is 0.827. The Balaban J connectivity index is 2.43. The molecule has 2 rings (SSSR count). The van der Waals surface area contributed by atoms with E-state index in [2.05, 4.69) is 10.3 Å². The van der Waals surface area contributed by atoms with Crippen molar-refractivity contribution >= 4 is 17.2 Å². The molecule has 64 valence electrons. The second-order valence-corrected chi connectivity index (χ2v) is 3.63. The van der Waals surface area contributed by atoms with E-state index in [0.717, 1.165) is 12.1 Å². The van der Waals surface area contributed by atoms with Gasteiger partial charge in [0.25, 0.3) is 5.91 Å². The predicted molar refractivity (Wildman–Crippen MR) is 44.1 cm³/mol. The zero-order chi connectivity index (χ0) is 8.55. The van der Waals surface area contributed by atoms with Gasteiger partial charge in [0, 0.05) is 13.0 Å². The lowest BCUT2D eigenvalue weighted by Crippen LogP contribution is -2.30. The molecule has 0 saturated heterocycles. The number of thiazole rings is 1. The van der Waals surface area contributed by atoms with E-state index in [1.165, 1.54) is 11.3 Å². The van der Waals surface area contributed by atoms with E-state index in [4.69, 9.17) is 5.11 Å². The third kappa shape index (κ3) is 1.11. The van der Waals surface area contributed by atoms with Crippen LogP contribution in [0.4, 0.5) is 0 Å². The fraction of sp³-hybridized carbons (Fsp3) is 0.429. The second-order valence-electron chi connectivity index (χ2n) is 2.55. The number of nitrogens with zero attached hydrogens (tertiary/aromatic N) is 1. The summed E-state index contributed by atoms with van der Waals surface area (Å²) in [5.74, 6) is -0.0616. The van der Waals surface area contributed by atoms with Crippen molar-refractivity contribution in [2.24, 2.45) is 0 Å². The van der Waals surface area contributed by atoms with Crippen LogP contribution in [0.25, 0.3) is 0 Å². The molecule has 0 atom stereocenters. The first-order chi connectivity index (χ1) is 5.81. The zero-order valence-electron chi connectivity index (χ0n) is 6.33. The van der Waals surface area contributed by atoms with Crippen molar-refractivity contribution in [3.05, 3.63) is 15.6 Å². The van der Waals surface area contributed by atoms with Gasteiger partial charge in [-0.15, -0.1) is 11.3 Å². The minimum absolute atomic E-state index is 0.0616. The van der Waals surface area contributed by atoms with Crippen molar-refractivity contribution in [2.45, 2.75) is 13.0 Å². The van der Waals surface area contributed by atoms with Gasteiger partial charge in [-0.25, -0.2) is 4.98 Å². The van der Waals surface area contributed by atoms with Gasteiger partial charge in [-0.1, -0.05) is 0 Å². The number of nitrogens with one attached hydrogen (secondary N) is 1. The predicted octanol–water partition coefficient (Wildman–Crippen LogP) is -0.0787. The van der Waals surface area contributed by atoms with Gasteiger partial charge in [0.1, 0.15) is 9.88 Å². The monoisotopic (exact) mass is 184 g/mol. The average molecular weight is 184 g/mol. The van der Waals surface area contributed by atoms with E-state index in [1.54, 1.807) is 0 Å². The molecule has 2 N–H and O–H groups in total. The van der Waals surface area contributed by atoms with Crippen LogP contribution < -0.4 is 5.32 Å². The lowest BCUT2D eigenvalue weighted by molar-refractivity contribution is 0.0950. The Morgan fingerprint density at radius 2 is 2.50 bits per heavy atom. The van der Waals surface area contributed by atoms with Gasteiger partial charge in [-0.2, -0.15) is 0 Å². The maximum Gasteiger partial charge on any atom is 0.263 e. The van der Waals surface area contributed by atoms with E-state index >= 15 is 0 Å². The van der Waals surface area contributed by atoms with Crippen LogP contribution in [0.1, 0.15) is 20.4 Å². The lowest BCUT2D eigenvalue weighted by atomic mass is 10.2. The molecular formula is C7H8N2O2S. The minimum Gasteiger partial charge on any atom is -0.389 e. The first-order valence-electron chi connectivity index (χ1n) is 3.69. The number of aliphatic hydroxyl groups excluding tert-OH is 1. The SMILES string of the molecule is O=C1NCCc2nc(CO)sc21. The van der Waals surface area contributed by atoms with Gasteiger partial charge in [0.15, 0.2) is 0 Å². The number of amides is 1. The smallest absolute Gasteiger partial charge is 0.263 e. The first kappa shape index (κ1) is 7.70. The fourth-order valence-corrected chi connectivity index (χ4v) is 2.08. The highest BCUT2D eigenvalue weighted by Gasteiger charge is 2.21. The van der Waals surface area contributed by atoms with Crippen LogP contribution in [-0.4, -0.2) is 22.5 Å². The second kappa shape index (κ2) is 2.84. The van der Waals surface area contributed by atoms with E-state index in [-0.39, 0.29) is 12.5 Å². The highest BCUT2D eigenvalue weighted by Crippen LogP contribution is 2.21. The van der Waals surface area contributed by atoms with Crippen molar-refractivity contribution in [2.75, 3.05) is 6.54 Å². The van der Waals surface area contributed by atoms with Crippen LogP contribution in [0.5, 0.6) is 0 Å². The van der Waals surface area contributed by atoms with Crippen LogP contribution in [-0.2, 0) is 13.0 Å². The van der Waals surface area contributed by atoms with Gasteiger partial charge in [0.2, 0.25) is 0 Å². The molecule has 0 saturated carbocycles. The Labute approximate surface area is 73.3 Å². The minimum atomic E-state index is -0.0784. The quantitative estimate of drug-likeness (QED) is 0.641. The molecule has 0 fully saturated rings. The van der Waals surface area contributed by atoms with Crippen molar-refractivity contribution in [1.29, 1.82) is 0 Å². The lowest BCUT2D eigenvalue weighted by Gasteiger charge is -2.09. The molecule has 0 aromatic carbocycles. The third-order valence-electron chi connectivity index (χ3n) is 1.73. The summed E-state index contributed by atoms with van der Waals surface area (Å²) in [6.45, 7) is 0.575. The summed E-state index contributed by atoms with van der Waals surface area (Å²) in [6, 6.07) is 0. The molecule has 0 unspecified atom stereocenters. The summed E-state index contributed by atoms with van der Waals surface area (Å²) < 4.78 is 0. The molecular weight excluding hydrogens is 176 g/mol. The molecule has 2 heterocycles. The number of rotatable bonds is 1. The maximum atomic E-state index is 11.2. The average Bonchev–Trinajstić information content (AvgIpc) is 2.49. The van der Waals surface area contributed by atoms with Crippen LogP contribution in [0.3, 0.4) is 0 Å². The highest BCUT2D eigenvalue weighted by atomic mass is 32.1. The summed E-state index contributed by atoms with van der Waals surface area (Å²) in [7, 11) is 0. The van der Waals surface area contributed by atoms with E-state index in [0.29, 0.717) is 16.4 Å². The number of aliphatic hydroxyl groups is 1. The first-order valence-corrected chi connectivity index (χ1v) is 4.50. The highest BCUT2D eigenvalue weighted by molar-refractivity contribution is 7.13. The molecule has 1 aliphatic heterocycles. The maximum absolute atomic E-state index is 11.2. The van der Waals surface area contributed by atoms with E-state index in [1.807, 2.05) is 0 Å². The van der Waals surface area contributed by atoms with Crippen molar-refractivity contribution in [3.63, 3.8) is 0 Å². The molecule has 4 nitrogen and oxygen atoms in total. The molecule has 0 spiro atoms. The van der Waals surface area contributed by atoms with Crippen molar-refractivity contribution < 1.29 is 9.90 Å². The zero-order valence-corrected chi connectivity index (χ0v) is 7.15. The fourth-order valence-electron chi connectivity index (χ4n) is 1.19. The van der Waals surface area contributed by atoms with Gasteiger partial charge < -0.3 is 10.4 Å². The van der Waals surface area contributed by atoms with Crippen LogP contribution in [0, 0.1) is 0 Å². The summed E-state index contributed by atoms with van der Waals surface area (Å²) in [6.07, 6.45) is 0.775. The Bertz CT molecular complexity index is 321. The molecule has 1 aromatic heterocycles.